The van der Waals surface area contributed by atoms with Crippen LogP contribution >= 0.6 is 11.6 Å². The van der Waals surface area contributed by atoms with Crippen LogP contribution in [-0.2, 0) is 68.6 Å². The van der Waals surface area contributed by atoms with Crippen molar-refractivity contribution in [2.45, 2.75) is 259 Å². The number of aliphatic carboxylic acids is 1. The fourth-order valence-electron chi connectivity index (χ4n) is 15.9. The van der Waals surface area contributed by atoms with E-state index in [-0.39, 0.29) is 70.5 Å². The lowest BCUT2D eigenvalue weighted by Gasteiger charge is -2.47. The van der Waals surface area contributed by atoms with Gasteiger partial charge in [0.25, 0.3) is 0 Å². The molecule has 9 unspecified atom stereocenters. The number of carbonyl (C=O) groups is 8. The fraction of sp³-hybridized carbons (Fsp3) is 0.542. The molecule has 0 aliphatic carbocycles. The van der Waals surface area contributed by atoms with Crippen LogP contribution in [0.2, 0.25) is 5.02 Å². The largest absolute Gasteiger partial charge is 0.507 e. The van der Waals surface area contributed by atoms with Gasteiger partial charge in [-0.25, -0.2) is 4.79 Å². The number of carbonyl (C=O) groups excluding carboxylic acids is 7. The van der Waals surface area contributed by atoms with Crippen LogP contribution in [0.15, 0.2) is 78.9 Å². The van der Waals surface area contributed by atoms with E-state index in [1.54, 1.807) is 0 Å². The number of unbranched alkanes of at least 4 members (excludes halogenated alkanes) is 6. The van der Waals surface area contributed by atoms with Gasteiger partial charge in [0.15, 0.2) is 36.2 Å². The van der Waals surface area contributed by atoms with Gasteiger partial charge in [-0.1, -0.05) is 95.2 Å². The minimum absolute atomic E-state index is 0.0386. The van der Waals surface area contributed by atoms with Crippen LogP contribution in [-0.4, -0.2) is 222 Å². The van der Waals surface area contributed by atoms with E-state index in [4.69, 9.17) is 66.7 Å². The van der Waals surface area contributed by atoms with Gasteiger partial charge in [-0.15, -0.1) is 0 Å². The number of primary amides is 1. The minimum Gasteiger partial charge on any atom is -0.507 e. The van der Waals surface area contributed by atoms with Crippen molar-refractivity contribution < 1.29 is 127 Å². The first-order valence-corrected chi connectivity index (χ1v) is 40.8. The third kappa shape index (κ3) is 21.2. The number of aliphatic hydroxyl groups is 6. The van der Waals surface area contributed by atoms with Crippen molar-refractivity contribution in [3.8, 4) is 57.1 Å². The molecule has 7 amide bonds. The molecule has 5 aromatic rings. The van der Waals surface area contributed by atoms with Gasteiger partial charge in [-0.3, -0.25) is 33.6 Å². The van der Waals surface area contributed by atoms with Gasteiger partial charge in [0.2, 0.25) is 53.4 Å². The molecule has 121 heavy (non-hydrogen) atoms. The van der Waals surface area contributed by atoms with Gasteiger partial charge in [0.05, 0.1) is 54.1 Å². The number of amides is 7. The highest BCUT2D eigenvalue weighted by molar-refractivity contribution is 6.32. The van der Waals surface area contributed by atoms with E-state index in [9.17, 15) is 65.4 Å². The van der Waals surface area contributed by atoms with Crippen LogP contribution in [0.25, 0.3) is 11.1 Å². The number of likely N-dealkylation sites (N-methyl/N-ethyl adjacent to an activating group) is 1. The van der Waals surface area contributed by atoms with E-state index in [1.165, 1.54) is 71.1 Å². The number of carboxylic acid groups (broad SMARTS) is 1. The number of aromatic hydroxyl groups is 3. The highest BCUT2D eigenvalue weighted by Crippen LogP contribution is 2.51. The third-order valence-corrected chi connectivity index (χ3v) is 22.9. The Kier molecular flexibility index (Phi) is 29.9. The Morgan fingerprint density at radius 3 is 1.88 bits per heavy atom. The summed E-state index contributed by atoms with van der Waals surface area (Å²) in [4.78, 5) is 121. The summed E-state index contributed by atoms with van der Waals surface area (Å²) >= 11 is 7.19. The predicted octanol–water partition coefficient (Wildman–Crippen LogP) is 2.53. The lowest BCUT2D eigenvalue weighted by Crippen LogP contribution is -2.64. The summed E-state index contributed by atoms with van der Waals surface area (Å²) in [6, 6.07) is 0.975. The summed E-state index contributed by atoms with van der Waals surface area (Å²) in [5, 5.41) is 139. The molecule has 8 heterocycles. The number of carboxylic acids is 1. The van der Waals surface area contributed by atoms with Crippen molar-refractivity contribution in [3.63, 3.8) is 0 Å². The first-order valence-electron chi connectivity index (χ1n) is 40.4. The zero-order chi connectivity index (χ0) is 88.0. The van der Waals surface area contributed by atoms with Gasteiger partial charge in [0.1, 0.15) is 89.5 Å². The maximum absolute atomic E-state index is 16.6. The van der Waals surface area contributed by atoms with E-state index in [0.717, 1.165) is 81.0 Å². The van der Waals surface area contributed by atoms with Crippen LogP contribution in [0.4, 0.5) is 0 Å². The second-order valence-electron chi connectivity index (χ2n) is 32.7. The highest BCUT2D eigenvalue weighted by Gasteiger charge is 2.53. The lowest BCUT2D eigenvalue weighted by atomic mass is 9.86. The Morgan fingerprint density at radius 2 is 1.27 bits per heavy atom. The van der Waals surface area contributed by atoms with Crippen LogP contribution < -0.4 is 73.9 Å². The summed E-state index contributed by atoms with van der Waals surface area (Å²) < 4.78 is 52.1. The number of phenolic OH excluding ortho intramolecular Hbond substituents is 3. The first-order chi connectivity index (χ1) is 57.3. The van der Waals surface area contributed by atoms with Crippen LogP contribution in [0.1, 0.15) is 183 Å². The number of fused-ring (bicyclic) bond motifs is 15. The number of phenols is 3. The van der Waals surface area contributed by atoms with Crippen molar-refractivity contribution in [1.29, 1.82) is 0 Å². The highest BCUT2D eigenvalue weighted by atomic mass is 35.5. The van der Waals surface area contributed by atoms with Crippen molar-refractivity contribution in [3.05, 3.63) is 117 Å². The van der Waals surface area contributed by atoms with Crippen LogP contribution in [0.5, 0.6) is 46.0 Å². The summed E-state index contributed by atoms with van der Waals surface area (Å²) in [5.41, 5.74) is 13.6. The molecule has 0 radical (unpaired) electrons. The average Bonchev–Trinajstić information content (AvgIpc) is 0.757. The van der Waals surface area contributed by atoms with E-state index in [2.05, 4.69) is 49.5 Å². The topological polar surface area (TPSA) is 587 Å². The Hall–Kier alpha value is -9.65. The average molecular weight is 1710 g/mol. The molecule has 22 atom stereocenters. The Labute approximate surface area is 702 Å². The van der Waals surface area contributed by atoms with E-state index in [1.807, 2.05) is 13.8 Å². The fourth-order valence-corrected chi connectivity index (χ4v) is 16.1. The molecule has 5 aromatic carbocycles. The van der Waals surface area contributed by atoms with E-state index in [0.29, 0.717) is 13.0 Å². The van der Waals surface area contributed by atoms with Crippen molar-refractivity contribution in [2.24, 2.45) is 23.1 Å². The number of nitrogens with one attached hydrogen (secondary N) is 8. The molecule has 660 valence electrons. The van der Waals surface area contributed by atoms with Gasteiger partial charge >= 0.3 is 5.97 Å². The number of aliphatic hydroxyl groups excluding tert-OH is 6. The molecule has 24 N–H and O–H groups in total. The normalized spacial score (nSPS) is 30.4. The van der Waals surface area contributed by atoms with Crippen LogP contribution in [0, 0.1) is 5.92 Å². The number of hydrogen-bond acceptors (Lipinski definition) is 29. The summed E-state index contributed by atoms with van der Waals surface area (Å²) in [5.74, 6) is -15.3. The van der Waals surface area contributed by atoms with E-state index < -0.39 is 250 Å². The molecular formula is C83H110ClN11O26. The van der Waals surface area contributed by atoms with Gasteiger partial charge in [-0.05, 0) is 137 Å². The Bertz CT molecular complexity index is 4600. The number of hydrogen-bond donors (Lipinski definition) is 21. The number of nitrogens with two attached hydrogens (primary N) is 3. The standard InChI is InChI=1S/C83H110ClN11O26/c1-9-10-11-12-13-14-15-24-89-34-46-51(98)30-45-59(66(46)101)44-26-40(18-22-50(44)97)60-76(108)95-64(79(111)93-62(45)80(112)113)69(119-57-32-82(6,86)72(104)37(4)114-57)39-16-20-43(21-17-39)116-53-28-42-29-54(70(53)121-81-71(68(103)67(102)55(35-96)118-81)120-58-33-83(7,87)73(105)38(5)115-58)117-52-23-19-41(27-47(52)84)65(100)63(94-74(106)48(88-8)25-36(2)3)78(110)90-49(31-56(85)99)75(107)91-61(42)77(109)92-60/h16-23,26-30,36-38,48-49,55,57-58,60-65,67-69,71-73,81,88-89,96-98,100-105H,9-15,24-25,31-35,86-87H2,1-8H3,(H2,85,99)(H,90,110)(H,91,107)(H,92,109)(H,93,111)(H,94,106)(H,95,108)(H,112,113)/t37-,38-,48?,49?,55+,57-,58-,60?,61?,62?,63?,64?,65?,67+,68-,69?,71+,72-,73-,81-,82-,83-/m0/s1. The lowest BCUT2D eigenvalue weighted by molar-refractivity contribution is -0.333. The minimum atomic E-state index is -2.36. The zero-order valence-electron chi connectivity index (χ0n) is 68.1. The second kappa shape index (κ2) is 39.3. The second-order valence-corrected chi connectivity index (χ2v) is 33.1. The molecule has 11 bridgehead atoms. The smallest absolute Gasteiger partial charge is 0.330 e. The van der Waals surface area contributed by atoms with Crippen molar-refractivity contribution in [2.75, 3.05) is 20.2 Å². The SMILES string of the molecule is CCCCCCCCCNCc1c(O)cc2c(c1O)-c1cc(ccc1O)C1NC(=O)C3NC(=O)C(CC(N)=O)NC(=O)C(NC(=O)C(CC(C)C)NC)C(O)c4ccc(c(Cl)c4)Oc4cc3cc(c4O[C@@H]3O[C@H](CO)[C@@H](O)[C@H](O)[C@H]3O[C@H]3C[C@](C)(N)[C@@H](O)[C@H](C)O3)Oc3ccc(cc3)C(O[C@H]3C[C@](C)(N)[C@@H](O)[C@H](C)O3)C(NC1=O)C(=O)NC2C(=O)O. The molecule has 3 saturated heterocycles. The molecule has 38 heteroatoms. The number of benzene rings is 5. The molecule has 3 fully saturated rings. The predicted molar refractivity (Wildman–Crippen MR) is 430 cm³/mol. The summed E-state index contributed by atoms with van der Waals surface area (Å²) in [6.45, 7) is 10.9. The zero-order valence-corrected chi connectivity index (χ0v) is 68.9. The molecule has 0 aromatic heterocycles. The molecule has 13 rings (SSSR count). The van der Waals surface area contributed by atoms with Gasteiger partial charge in [0, 0.05) is 47.2 Å². The molecule has 8 aliphatic heterocycles. The number of halogens is 1. The molecule has 8 aliphatic rings. The maximum atomic E-state index is 16.6. The molecule has 37 nitrogen and oxygen atoms in total. The Morgan fingerprint density at radius 1 is 0.669 bits per heavy atom. The first kappa shape index (κ1) is 92.1. The summed E-state index contributed by atoms with van der Waals surface area (Å²) in [7, 11) is 1.48. The maximum Gasteiger partial charge on any atom is 0.330 e. The quantitative estimate of drug-likeness (QED) is 0.0373. The Balaban J connectivity index is 1.17. The van der Waals surface area contributed by atoms with Gasteiger partial charge in [-0.2, -0.15) is 0 Å². The van der Waals surface area contributed by atoms with E-state index >= 15 is 24.0 Å². The third-order valence-electron chi connectivity index (χ3n) is 22.6. The summed E-state index contributed by atoms with van der Waals surface area (Å²) in [6.07, 6.45) is -15.8. The molecule has 0 spiro atoms. The van der Waals surface area contributed by atoms with Crippen molar-refractivity contribution in [1.82, 2.24) is 42.5 Å². The number of ether oxygens (including phenoxy) is 8. The number of rotatable bonds is 25. The molecule has 0 saturated carbocycles. The molecular weight excluding hydrogens is 1600 g/mol. The van der Waals surface area contributed by atoms with Crippen molar-refractivity contribution >= 4 is 58.9 Å². The van der Waals surface area contributed by atoms with Crippen LogP contribution in [0.3, 0.4) is 0 Å². The van der Waals surface area contributed by atoms with Gasteiger partial charge < -0.3 is 149 Å². The monoisotopic (exact) mass is 1710 g/mol.